The van der Waals surface area contributed by atoms with E-state index in [0.29, 0.717) is 21.8 Å². The second-order valence-corrected chi connectivity index (χ2v) is 6.52. The monoisotopic (exact) mass is 296 g/mol. The summed E-state index contributed by atoms with van der Waals surface area (Å²) in [5.74, 6) is 0.678. The maximum atomic E-state index is 6.25. The second kappa shape index (κ2) is 4.15. The summed E-state index contributed by atoms with van der Waals surface area (Å²) in [7, 11) is 0. The molecule has 1 aromatic heterocycles. The minimum absolute atomic E-state index is 0.247. The molecule has 19 heavy (non-hydrogen) atoms. The largest absolute Gasteiger partial charge is 0.367 e. The molecule has 1 heterocycles. The highest BCUT2D eigenvalue weighted by Gasteiger charge is 2.50. The number of halogens is 2. The van der Waals surface area contributed by atoms with Gasteiger partial charge < -0.3 is 10.3 Å². The van der Waals surface area contributed by atoms with Crippen molar-refractivity contribution in [1.82, 2.24) is 5.16 Å². The Bertz CT molecular complexity index is 649. The van der Waals surface area contributed by atoms with Crippen molar-refractivity contribution < 1.29 is 4.52 Å². The van der Waals surface area contributed by atoms with Gasteiger partial charge in [0, 0.05) is 16.5 Å². The van der Waals surface area contributed by atoms with E-state index in [2.05, 4.69) is 19.0 Å². The molecular formula is C14H14Cl2N2O. The van der Waals surface area contributed by atoms with Crippen molar-refractivity contribution in [3.05, 3.63) is 33.9 Å². The summed E-state index contributed by atoms with van der Waals surface area (Å²) >= 11 is 12.2. The Kier molecular flexibility index (Phi) is 2.80. The predicted octanol–water partition coefficient (Wildman–Crippen LogP) is 4.74. The third kappa shape index (κ3) is 2.11. The van der Waals surface area contributed by atoms with Gasteiger partial charge in [-0.2, -0.15) is 0 Å². The molecule has 1 atom stereocenters. The first kappa shape index (κ1) is 12.8. The van der Waals surface area contributed by atoms with E-state index >= 15 is 0 Å². The quantitative estimate of drug-likeness (QED) is 0.870. The van der Waals surface area contributed by atoms with E-state index in [1.165, 1.54) is 0 Å². The molecule has 3 nitrogen and oxygen atoms in total. The van der Waals surface area contributed by atoms with Crippen LogP contribution in [0.15, 0.2) is 22.7 Å². The fourth-order valence-corrected chi connectivity index (χ4v) is 2.95. The summed E-state index contributed by atoms with van der Waals surface area (Å²) < 4.78 is 5.17. The Balaban J connectivity index is 2.12. The molecule has 1 fully saturated rings. The van der Waals surface area contributed by atoms with Crippen LogP contribution in [0.3, 0.4) is 0 Å². The Morgan fingerprint density at radius 1 is 1.37 bits per heavy atom. The first-order valence-corrected chi connectivity index (χ1v) is 6.86. The number of rotatable bonds is 2. The zero-order chi connectivity index (χ0) is 13.8. The Morgan fingerprint density at radius 2 is 2.05 bits per heavy atom. The number of aromatic nitrogens is 1. The lowest BCUT2D eigenvalue weighted by molar-refractivity contribution is 0.424. The van der Waals surface area contributed by atoms with Crippen LogP contribution in [-0.2, 0) is 0 Å². The van der Waals surface area contributed by atoms with Crippen LogP contribution in [0.2, 0.25) is 10.0 Å². The Morgan fingerprint density at radius 3 is 2.63 bits per heavy atom. The van der Waals surface area contributed by atoms with Crippen LogP contribution in [0.1, 0.15) is 31.9 Å². The minimum Gasteiger partial charge on any atom is -0.367 e. The van der Waals surface area contributed by atoms with E-state index in [1.54, 1.807) is 12.1 Å². The van der Waals surface area contributed by atoms with Crippen molar-refractivity contribution >= 4 is 29.1 Å². The normalized spacial score (nSPS) is 20.5. The van der Waals surface area contributed by atoms with Crippen LogP contribution in [0.5, 0.6) is 0 Å². The average molecular weight is 297 g/mol. The van der Waals surface area contributed by atoms with Gasteiger partial charge in [0.15, 0.2) is 0 Å². The van der Waals surface area contributed by atoms with Crippen molar-refractivity contribution in [2.24, 2.45) is 5.41 Å². The molecule has 1 aliphatic carbocycles. The van der Waals surface area contributed by atoms with E-state index < -0.39 is 0 Å². The summed E-state index contributed by atoms with van der Waals surface area (Å²) in [5.41, 5.74) is 8.68. The Hall–Kier alpha value is -1.19. The average Bonchev–Trinajstić information content (AvgIpc) is 2.78. The third-order valence-electron chi connectivity index (χ3n) is 3.79. The van der Waals surface area contributed by atoms with Crippen molar-refractivity contribution in [3.8, 4) is 11.1 Å². The number of anilines is 1. The Labute approximate surface area is 121 Å². The number of hydrogen-bond acceptors (Lipinski definition) is 3. The lowest BCUT2D eigenvalue weighted by atomic mass is 9.99. The number of hydrogen-bond donors (Lipinski definition) is 1. The first-order valence-electron chi connectivity index (χ1n) is 6.10. The van der Waals surface area contributed by atoms with Crippen LogP contribution < -0.4 is 5.73 Å². The van der Waals surface area contributed by atoms with Crippen LogP contribution in [0, 0.1) is 5.41 Å². The SMILES string of the molecule is CC1(C)CC1c1noc(N)c1-c1ccc(Cl)cc1Cl. The van der Waals surface area contributed by atoms with Gasteiger partial charge in [0.25, 0.3) is 0 Å². The molecule has 1 aliphatic rings. The highest BCUT2D eigenvalue weighted by atomic mass is 35.5. The molecule has 1 unspecified atom stereocenters. The highest BCUT2D eigenvalue weighted by Crippen LogP contribution is 2.60. The predicted molar refractivity (Wildman–Crippen MR) is 77.5 cm³/mol. The molecule has 0 saturated heterocycles. The first-order chi connectivity index (χ1) is 8.90. The maximum absolute atomic E-state index is 6.25. The van der Waals surface area contributed by atoms with Crippen LogP contribution in [-0.4, -0.2) is 5.16 Å². The van der Waals surface area contributed by atoms with Crippen molar-refractivity contribution in [2.45, 2.75) is 26.2 Å². The summed E-state index contributed by atoms with van der Waals surface area (Å²) in [5, 5.41) is 5.27. The summed E-state index contributed by atoms with van der Waals surface area (Å²) in [6.45, 7) is 4.41. The molecule has 0 bridgehead atoms. The molecule has 1 saturated carbocycles. The van der Waals surface area contributed by atoms with E-state index in [9.17, 15) is 0 Å². The summed E-state index contributed by atoms with van der Waals surface area (Å²) in [6.07, 6.45) is 1.08. The van der Waals surface area contributed by atoms with Gasteiger partial charge in [-0.05, 0) is 24.0 Å². The van der Waals surface area contributed by atoms with Gasteiger partial charge in [0.2, 0.25) is 5.88 Å². The lowest BCUT2D eigenvalue weighted by Gasteiger charge is -2.06. The fraction of sp³-hybridized carbons (Fsp3) is 0.357. The zero-order valence-corrected chi connectivity index (χ0v) is 12.2. The third-order valence-corrected chi connectivity index (χ3v) is 4.34. The van der Waals surface area contributed by atoms with Crippen molar-refractivity contribution in [1.29, 1.82) is 0 Å². The lowest BCUT2D eigenvalue weighted by Crippen LogP contribution is -1.94. The minimum atomic E-state index is 0.247. The summed E-state index contributed by atoms with van der Waals surface area (Å²) in [4.78, 5) is 0. The van der Waals surface area contributed by atoms with Crippen LogP contribution >= 0.6 is 23.2 Å². The smallest absolute Gasteiger partial charge is 0.230 e. The standard InChI is InChI=1S/C14H14Cl2N2O/c1-14(2)6-9(14)12-11(13(17)19-18-12)8-4-3-7(15)5-10(8)16/h3-5,9H,6,17H2,1-2H3. The molecule has 5 heteroatoms. The molecule has 2 N–H and O–H groups in total. The van der Waals surface area contributed by atoms with Gasteiger partial charge >= 0.3 is 0 Å². The fourth-order valence-electron chi connectivity index (χ4n) is 2.45. The van der Waals surface area contributed by atoms with Crippen molar-refractivity contribution in [3.63, 3.8) is 0 Å². The number of benzene rings is 1. The van der Waals surface area contributed by atoms with Crippen molar-refractivity contribution in [2.75, 3.05) is 5.73 Å². The highest BCUT2D eigenvalue weighted by molar-refractivity contribution is 6.36. The van der Waals surface area contributed by atoms with Gasteiger partial charge in [-0.1, -0.05) is 48.3 Å². The topological polar surface area (TPSA) is 52.0 Å². The van der Waals surface area contributed by atoms with Crippen LogP contribution in [0.25, 0.3) is 11.1 Å². The molecule has 2 aromatic rings. The zero-order valence-electron chi connectivity index (χ0n) is 10.7. The molecule has 0 aliphatic heterocycles. The van der Waals surface area contributed by atoms with E-state index in [-0.39, 0.29) is 5.41 Å². The number of nitrogens with zero attached hydrogens (tertiary/aromatic N) is 1. The van der Waals surface area contributed by atoms with E-state index in [4.69, 9.17) is 33.5 Å². The summed E-state index contributed by atoms with van der Waals surface area (Å²) in [6, 6.07) is 5.34. The molecule has 0 radical (unpaired) electrons. The van der Waals surface area contributed by atoms with Crippen LogP contribution in [0.4, 0.5) is 5.88 Å². The molecule has 100 valence electrons. The van der Waals surface area contributed by atoms with E-state index in [1.807, 2.05) is 6.07 Å². The number of nitrogens with two attached hydrogens (primary N) is 1. The molecule has 1 aromatic carbocycles. The second-order valence-electron chi connectivity index (χ2n) is 5.68. The molecule has 0 amide bonds. The molecule has 0 spiro atoms. The van der Waals surface area contributed by atoms with Gasteiger partial charge in [-0.15, -0.1) is 0 Å². The molecular weight excluding hydrogens is 283 g/mol. The molecule has 3 rings (SSSR count). The van der Waals surface area contributed by atoms with Gasteiger partial charge in [0.05, 0.1) is 16.3 Å². The van der Waals surface area contributed by atoms with Gasteiger partial charge in [0.1, 0.15) is 0 Å². The van der Waals surface area contributed by atoms with E-state index in [0.717, 1.165) is 23.2 Å². The van der Waals surface area contributed by atoms with Gasteiger partial charge in [-0.3, -0.25) is 0 Å². The van der Waals surface area contributed by atoms with Gasteiger partial charge in [-0.25, -0.2) is 0 Å². The maximum Gasteiger partial charge on any atom is 0.230 e. The number of nitrogen functional groups attached to an aromatic ring is 1.